The fraction of sp³-hybridized carbons (Fsp3) is 0.556. The van der Waals surface area contributed by atoms with Crippen LogP contribution in [0.25, 0.3) is 0 Å². The van der Waals surface area contributed by atoms with Gasteiger partial charge in [-0.15, -0.1) is 0 Å². The van der Waals surface area contributed by atoms with E-state index in [-0.39, 0.29) is 6.61 Å². The molecule has 0 radical (unpaired) electrons. The second kappa shape index (κ2) is 8.07. The topological polar surface area (TPSA) is 32.7 Å². The van der Waals surface area contributed by atoms with Gasteiger partial charge in [0.1, 0.15) is 12.4 Å². The first kappa shape index (κ1) is 15.9. The smallest absolute Gasteiger partial charge is 0.119 e. The Balaban J connectivity index is 1.73. The Bertz CT molecular complexity index is 476. The summed E-state index contributed by atoms with van der Waals surface area (Å²) in [6.45, 7) is 8.85. The fourth-order valence-corrected chi connectivity index (χ4v) is 2.58. The molecule has 1 aliphatic heterocycles. The van der Waals surface area contributed by atoms with Crippen LogP contribution < -0.4 is 4.74 Å². The molecule has 3 nitrogen and oxygen atoms in total. The lowest BCUT2D eigenvalue weighted by molar-refractivity contribution is 0.232. The van der Waals surface area contributed by atoms with E-state index in [4.69, 9.17) is 9.84 Å². The van der Waals surface area contributed by atoms with Gasteiger partial charge >= 0.3 is 0 Å². The second-order valence-electron chi connectivity index (χ2n) is 5.86. The number of ether oxygens (including phenoxy) is 1. The lowest BCUT2D eigenvalue weighted by atomic mass is 10.0. The molecule has 1 fully saturated rings. The van der Waals surface area contributed by atoms with Crippen molar-refractivity contribution in [2.45, 2.75) is 20.3 Å². The maximum absolute atomic E-state index is 8.68. The second-order valence-corrected chi connectivity index (χ2v) is 5.86. The molecule has 2 rings (SSSR count). The van der Waals surface area contributed by atoms with Crippen LogP contribution in [-0.2, 0) is 0 Å². The maximum Gasteiger partial charge on any atom is 0.119 e. The zero-order valence-electron chi connectivity index (χ0n) is 13.0. The zero-order chi connectivity index (χ0) is 15.1. The summed E-state index contributed by atoms with van der Waals surface area (Å²) >= 11 is 0. The Hall–Kier alpha value is -1.50. The molecular formula is C18H25NO2. The van der Waals surface area contributed by atoms with Gasteiger partial charge in [0.15, 0.2) is 0 Å². The number of hydrogen-bond donors (Lipinski definition) is 1. The van der Waals surface area contributed by atoms with Crippen molar-refractivity contribution in [3.63, 3.8) is 0 Å². The highest BCUT2D eigenvalue weighted by atomic mass is 16.5. The third kappa shape index (κ3) is 5.08. The van der Waals surface area contributed by atoms with Crippen molar-refractivity contribution in [2.75, 3.05) is 32.8 Å². The average molecular weight is 287 g/mol. The third-order valence-corrected chi connectivity index (χ3v) is 4.06. The van der Waals surface area contributed by atoms with E-state index >= 15 is 0 Å². The molecular weight excluding hydrogens is 262 g/mol. The summed E-state index contributed by atoms with van der Waals surface area (Å²) in [5.74, 6) is 8.40. The van der Waals surface area contributed by atoms with Gasteiger partial charge in [-0.25, -0.2) is 0 Å². The van der Waals surface area contributed by atoms with E-state index in [2.05, 4.69) is 30.6 Å². The summed E-state index contributed by atoms with van der Waals surface area (Å²) in [7, 11) is 0. The molecule has 0 saturated carbocycles. The number of benzene rings is 1. The summed E-state index contributed by atoms with van der Waals surface area (Å²) < 4.78 is 5.79. The molecule has 1 heterocycles. The van der Waals surface area contributed by atoms with Crippen molar-refractivity contribution in [3.8, 4) is 17.6 Å². The van der Waals surface area contributed by atoms with E-state index in [0.717, 1.165) is 36.3 Å². The third-order valence-electron chi connectivity index (χ3n) is 4.06. The fourth-order valence-electron chi connectivity index (χ4n) is 2.58. The summed E-state index contributed by atoms with van der Waals surface area (Å²) in [6.07, 6.45) is 0.519. The average Bonchev–Trinajstić information content (AvgIpc) is 2.80. The highest BCUT2D eigenvalue weighted by Gasteiger charge is 2.25. The SMILES string of the molecule is CC1CN(CCOc2ccc(C#CCCO)cc2)CC1C. The lowest BCUT2D eigenvalue weighted by Gasteiger charge is -2.15. The maximum atomic E-state index is 8.68. The Morgan fingerprint density at radius 1 is 1.19 bits per heavy atom. The van der Waals surface area contributed by atoms with Crippen LogP contribution in [0.3, 0.4) is 0 Å². The van der Waals surface area contributed by atoms with E-state index in [1.54, 1.807) is 0 Å². The standard InChI is InChI=1S/C18H25NO2/c1-15-13-19(14-16(15)2)10-12-21-18-8-6-17(7-9-18)5-3-4-11-20/h6-9,15-16,20H,4,10-14H2,1-2H3. The molecule has 0 bridgehead atoms. The van der Waals surface area contributed by atoms with Crippen LogP contribution in [0.5, 0.6) is 5.75 Å². The van der Waals surface area contributed by atoms with E-state index in [9.17, 15) is 0 Å². The number of nitrogens with zero attached hydrogens (tertiary/aromatic N) is 1. The van der Waals surface area contributed by atoms with Crippen LogP contribution in [0.4, 0.5) is 0 Å². The Morgan fingerprint density at radius 2 is 1.86 bits per heavy atom. The highest BCUT2D eigenvalue weighted by molar-refractivity contribution is 5.38. The first-order valence-electron chi connectivity index (χ1n) is 7.74. The van der Waals surface area contributed by atoms with Crippen molar-refractivity contribution in [2.24, 2.45) is 11.8 Å². The summed E-state index contributed by atoms with van der Waals surface area (Å²) in [6, 6.07) is 7.83. The number of aliphatic hydroxyl groups excluding tert-OH is 1. The molecule has 2 atom stereocenters. The van der Waals surface area contributed by atoms with Gasteiger partial charge in [-0.2, -0.15) is 0 Å². The minimum Gasteiger partial charge on any atom is -0.492 e. The van der Waals surface area contributed by atoms with Crippen molar-refractivity contribution in [1.82, 2.24) is 4.90 Å². The highest BCUT2D eigenvalue weighted by Crippen LogP contribution is 2.21. The molecule has 0 amide bonds. The number of hydrogen-bond acceptors (Lipinski definition) is 3. The molecule has 0 aliphatic carbocycles. The van der Waals surface area contributed by atoms with Crippen molar-refractivity contribution < 1.29 is 9.84 Å². The summed E-state index contributed by atoms with van der Waals surface area (Å²) in [5, 5.41) is 8.68. The minimum absolute atomic E-state index is 0.113. The Kier molecular flexibility index (Phi) is 6.10. The van der Waals surface area contributed by atoms with Gasteiger partial charge in [0.25, 0.3) is 0 Å². The number of aliphatic hydroxyl groups is 1. The van der Waals surface area contributed by atoms with Gasteiger partial charge in [0.2, 0.25) is 0 Å². The van der Waals surface area contributed by atoms with Crippen LogP contribution in [-0.4, -0.2) is 42.9 Å². The van der Waals surface area contributed by atoms with Crippen molar-refractivity contribution in [1.29, 1.82) is 0 Å². The molecule has 1 aromatic carbocycles. The predicted octanol–water partition coefficient (Wildman–Crippen LogP) is 2.39. The molecule has 1 aromatic rings. The molecule has 1 saturated heterocycles. The van der Waals surface area contributed by atoms with Gasteiger partial charge < -0.3 is 9.84 Å². The molecule has 3 heteroatoms. The van der Waals surface area contributed by atoms with Gasteiger partial charge in [-0.1, -0.05) is 25.7 Å². The largest absolute Gasteiger partial charge is 0.492 e. The van der Waals surface area contributed by atoms with Crippen LogP contribution in [0.2, 0.25) is 0 Å². The molecule has 0 aromatic heterocycles. The molecule has 21 heavy (non-hydrogen) atoms. The van der Waals surface area contributed by atoms with E-state index in [1.807, 2.05) is 24.3 Å². The van der Waals surface area contributed by atoms with Crippen LogP contribution in [0.1, 0.15) is 25.8 Å². The molecule has 0 spiro atoms. The van der Waals surface area contributed by atoms with Crippen molar-refractivity contribution in [3.05, 3.63) is 29.8 Å². The minimum atomic E-state index is 0.113. The molecule has 2 unspecified atom stereocenters. The number of rotatable bonds is 5. The van der Waals surface area contributed by atoms with Gasteiger partial charge in [0, 0.05) is 31.6 Å². The van der Waals surface area contributed by atoms with Gasteiger partial charge in [0.05, 0.1) is 6.61 Å². The normalized spacial score (nSPS) is 21.9. The van der Waals surface area contributed by atoms with E-state index < -0.39 is 0 Å². The van der Waals surface area contributed by atoms with Crippen LogP contribution >= 0.6 is 0 Å². The van der Waals surface area contributed by atoms with Crippen molar-refractivity contribution >= 4 is 0 Å². The quantitative estimate of drug-likeness (QED) is 0.844. The first-order chi connectivity index (χ1) is 10.2. The zero-order valence-corrected chi connectivity index (χ0v) is 13.0. The Morgan fingerprint density at radius 3 is 2.48 bits per heavy atom. The van der Waals surface area contributed by atoms with E-state index in [0.29, 0.717) is 6.42 Å². The molecule has 114 valence electrons. The van der Waals surface area contributed by atoms with Crippen LogP contribution in [0.15, 0.2) is 24.3 Å². The van der Waals surface area contributed by atoms with Gasteiger partial charge in [-0.05, 0) is 36.1 Å². The van der Waals surface area contributed by atoms with E-state index in [1.165, 1.54) is 13.1 Å². The number of likely N-dealkylation sites (tertiary alicyclic amines) is 1. The lowest BCUT2D eigenvalue weighted by Crippen LogP contribution is -2.26. The molecule has 1 aliphatic rings. The summed E-state index contributed by atoms with van der Waals surface area (Å²) in [5.41, 5.74) is 0.956. The monoisotopic (exact) mass is 287 g/mol. The van der Waals surface area contributed by atoms with Crippen LogP contribution in [0, 0.1) is 23.7 Å². The first-order valence-corrected chi connectivity index (χ1v) is 7.74. The Labute approximate surface area is 127 Å². The predicted molar refractivity (Wildman–Crippen MR) is 85.3 cm³/mol. The summed E-state index contributed by atoms with van der Waals surface area (Å²) in [4.78, 5) is 2.48. The van der Waals surface area contributed by atoms with Gasteiger partial charge in [-0.3, -0.25) is 4.90 Å². The molecule has 1 N–H and O–H groups in total.